The number of aromatic nitrogens is 2. The molecule has 0 atom stereocenters. The zero-order chi connectivity index (χ0) is 35.4. The first kappa shape index (κ1) is 34.4. The van der Waals surface area contributed by atoms with E-state index in [-0.39, 0.29) is 23.6 Å². The Morgan fingerprint density at radius 2 is 1.10 bits per heavy atom. The number of hydrogen-bond donors (Lipinski definition) is 4. The second kappa shape index (κ2) is 15.0. The number of pyridine rings is 2. The first-order valence-corrected chi connectivity index (χ1v) is 16.8. The van der Waals surface area contributed by atoms with Gasteiger partial charge in [0, 0.05) is 63.0 Å². The highest BCUT2D eigenvalue weighted by atomic mass is 16.2. The second-order valence-corrected chi connectivity index (χ2v) is 13.0. The summed E-state index contributed by atoms with van der Waals surface area (Å²) >= 11 is 0. The molecule has 50 heavy (non-hydrogen) atoms. The number of aryl methyl sites for hydroxylation is 2. The Hall–Kier alpha value is -5.46. The van der Waals surface area contributed by atoms with Crippen LogP contribution < -0.4 is 21.3 Å². The number of rotatable bonds is 9. The van der Waals surface area contributed by atoms with Crippen LogP contribution in [0.1, 0.15) is 54.4 Å². The van der Waals surface area contributed by atoms with E-state index in [9.17, 15) is 19.2 Å². The number of amides is 4. The molecule has 2 aliphatic rings. The van der Waals surface area contributed by atoms with Crippen molar-refractivity contribution >= 4 is 35.0 Å². The Bertz CT molecular complexity index is 1840. The third-order valence-corrected chi connectivity index (χ3v) is 9.38. The predicted molar refractivity (Wildman–Crippen MR) is 192 cm³/mol. The number of benzene rings is 2. The number of carbonyl (C=O) groups is 4. The van der Waals surface area contributed by atoms with Gasteiger partial charge >= 0.3 is 0 Å². The average molecular weight is 675 g/mol. The maximum absolute atomic E-state index is 13.3. The summed E-state index contributed by atoms with van der Waals surface area (Å²) in [4.78, 5) is 63.2. The van der Waals surface area contributed by atoms with Gasteiger partial charge in [0.15, 0.2) is 0 Å². The van der Waals surface area contributed by atoms with Gasteiger partial charge < -0.3 is 21.3 Å². The van der Waals surface area contributed by atoms with Crippen molar-refractivity contribution in [1.82, 2.24) is 30.4 Å². The van der Waals surface area contributed by atoms with Crippen LogP contribution in [0.15, 0.2) is 60.9 Å². The average Bonchev–Trinajstić information content (AvgIpc) is 3.08. The number of nitrogens with zero attached hydrogens (tertiary/aromatic N) is 4. The highest BCUT2D eigenvalue weighted by molar-refractivity contribution is 6.05. The Morgan fingerprint density at radius 1 is 0.680 bits per heavy atom. The largest absolute Gasteiger partial charge is 0.354 e. The SMILES string of the molecule is Cc1cc(C(=O)Nc2cccc(-c3cccc(NC(=O)c4cc(C)c(CN5CCNC(=O)C5)cn4)c3C)c2C)ncc1CN1CCNC(=O)C1. The number of piperazine rings is 2. The molecular formula is C38H42N8O4. The van der Waals surface area contributed by atoms with Gasteiger partial charge in [0.2, 0.25) is 11.8 Å². The Morgan fingerprint density at radius 3 is 1.48 bits per heavy atom. The van der Waals surface area contributed by atoms with Gasteiger partial charge in [-0.05, 0) is 96.5 Å². The lowest BCUT2D eigenvalue weighted by molar-refractivity contribution is -0.125. The zero-order valence-electron chi connectivity index (χ0n) is 28.9. The molecule has 4 amide bonds. The van der Waals surface area contributed by atoms with Crippen molar-refractivity contribution in [3.63, 3.8) is 0 Å². The van der Waals surface area contributed by atoms with E-state index in [2.05, 4.69) is 41.0 Å². The molecule has 2 aliphatic heterocycles. The van der Waals surface area contributed by atoms with Gasteiger partial charge in [0.25, 0.3) is 11.8 Å². The Kier molecular flexibility index (Phi) is 10.3. The van der Waals surface area contributed by atoms with Gasteiger partial charge in [-0.3, -0.25) is 38.9 Å². The molecule has 0 radical (unpaired) electrons. The highest BCUT2D eigenvalue weighted by Gasteiger charge is 2.21. The van der Waals surface area contributed by atoms with Gasteiger partial charge in [-0.1, -0.05) is 24.3 Å². The summed E-state index contributed by atoms with van der Waals surface area (Å²) in [7, 11) is 0. The third-order valence-electron chi connectivity index (χ3n) is 9.38. The summed E-state index contributed by atoms with van der Waals surface area (Å²) < 4.78 is 0. The maximum Gasteiger partial charge on any atom is 0.274 e. The van der Waals surface area contributed by atoms with Crippen molar-refractivity contribution in [2.75, 3.05) is 49.9 Å². The minimum atomic E-state index is -0.315. The molecule has 0 aliphatic carbocycles. The van der Waals surface area contributed by atoms with E-state index in [0.717, 1.165) is 57.6 Å². The van der Waals surface area contributed by atoms with Crippen LogP contribution >= 0.6 is 0 Å². The fraction of sp³-hybridized carbons (Fsp3) is 0.316. The molecule has 2 aromatic heterocycles. The molecule has 12 nitrogen and oxygen atoms in total. The van der Waals surface area contributed by atoms with Gasteiger partial charge in [-0.25, -0.2) is 0 Å². The summed E-state index contributed by atoms with van der Waals surface area (Å²) in [6.07, 6.45) is 3.43. The quantitative estimate of drug-likeness (QED) is 0.210. The number of hydrogen-bond acceptors (Lipinski definition) is 8. The Labute approximate surface area is 291 Å². The molecule has 0 bridgehead atoms. The molecule has 12 heteroatoms. The van der Waals surface area contributed by atoms with Gasteiger partial charge in [-0.2, -0.15) is 0 Å². The van der Waals surface area contributed by atoms with E-state index in [1.54, 1.807) is 24.5 Å². The fourth-order valence-electron chi connectivity index (χ4n) is 6.38. The lowest BCUT2D eigenvalue weighted by Gasteiger charge is -2.26. The van der Waals surface area contributed by atoms with Crippen LogP contribution in [0, 0.1) is 27.7 Å². The van der Waals surface area contributed by atoms with Crippen LogP contribution in [0.25, 0.3) is 11.1 Å². The molecule has 0 unspecified atom stereocenters. The van der Waals surface area contributed by atoms with Crippen molar-refractivity contribution in [2.45, 2.75) is 40.8 Å². The van der Waals surface area contributed by atoms with E-state index < -0.39 is 0 Å². The topological polar surface area (TPSA) is 149 Å². The molecule has 4 N–H and O–H groups in total. The molecule has 4 heterocycles. The van der Waals surface area contributed by atoms with Crippen molar-refractivity contribution in [3.05, 3.63) is 106 Å². The molecular weight excluding hydrogens is 632 g/mol. The van der Waals surface area contributed by atoms with Crippen LogP contribution in [0.2, 0.25) is 0 Å². The van der Waals surface area contributed by atoms with Gasteiger partial charge in [-0.15, -0.1) is 0 Å². The van der Waals surface area contributed by atoms with Gasteiger partial charge in [0.05, 0.1) is 13.1 Å². The van der Waals surface area contributed by atoms with E-state index >= 15 is 0 Å². The van der Waals surface area contributed by atoms with Crippen LogP contribution in [0.3, 0.4) is 0 Å². The van der Waals surface area contributed by atoms with Gasteiger partial charge in [0.1, 0.15) is 11.4 Å². The third kappa shape index (κ3) is 7.88. The minimum absolute atomic E-state index is 0.0128. The first-order chi connectivity index (χ1) is 24.0. The standard InChI is InChI=1S/C38H42N8O4/c1-23-15-33(41-17-27(23)19-45-13-11-39-35(47)21-45)37(49)43-31-9-5-7-29(25(31)3)30-8-6-10-32(26(30)4)44-38(50)34-16-24(2)28(18-42-34)20-46-14-12-40-36(48)22-46/h5-10,15-18H,11-14,19-22H2,1-4H3,(H,39,47)(H,40,48)(H,43,49)(H,44,50). The zero-order valence-corrected chi connectivity index (χ0v) is 28.9. The van der Waals surface area contributed by atoms with Crippen molar-refractivity contribution < 1.29 is 19.2 Å². The molecule has 2 saturated heterocycles. The molecule has 2 aromatic carbocycles. The fourth-order valence-corrected chi connectivity index (χ4v) is 6.38. The summed E-state index contributed by atoms with van der Waals surface area (Å²) in [5, 5.41) is 11.7. The van der Waals surface area contributed by atoms with Crippen LogP contribution in [0.4, 0.5) is 11.4 Å². The predicted octanol–water partition coefficient (Wildman–Crippen LogP) is 3.75. The minimum Gasteiger partial charge on any atom is -0.354 e. The van der Waals surface area contributed by atoms with Crippen molar-refractivity contribution in [3.8, 4) is 11.1 Å². The molecule has 4 aromatic rings. The second-order valence-electron chi connectivity index (χ2n) is 13.0. The molecule has 6 rings (SSSR count). The summed E-state index contributed by atoms with van der Waals surface area (Å²) in [5.74, 6) is -0.604. The van der Waals surface area contributed by atoms with Crippen LogP contribution in [0.5, 0.6) is 0 Å². The van der Waals surface area contributed by atoms with Crippen molar-refractivity contribution in [2.24, 2.45) is 0 Å². The number of nitrogens with one attached hydrogen (secondary N) is 4. The monoisotopic (exact) mass is 674 g/mol. The van der Waals surface area contributed by atoms with Crippen LogP contribution in [-0.4, -0.2) is 82.7 Å². The molecule has 2 fully saturated rings. The highest BCUT2D eigenvalue weighted by Crippen LogP contribution is 2.34. The summed E-state index contributed by atoms with van der Waals surface area (Å²) in [5.41, 5.74) is 9.37. The number of carbonyl (C=O) groups excluding carboxylic acids is 4. The van der Waals surface area contributed by atoms with E-state index in [0.29, 0.717) is 62.0 Å². The first-order valence-electron chi connectivity index (χ1n) is 16.8. The van der Waals surface area contributed by atoms with E-state index in [1.807, 2.05) is 64.1 Å². The van der Waals surface area contributed by atoms with Crippen LogP contribution in [-0.2, 0) is 22.7 Å². The van der Waals surface area contributed by atoms with E-state index in [1.165, 1.54) is 0 Å². The number of anilines is 2. The summed E-state index contributed by atoms with van der Waals surface area (Å²) in [6, 6.07) is 15.0. The normalized spacial score (nSPS) is 15.3. The Balaban J connectivity index is 1.14. The maximum atomic E-state index is 13.3. The molecule has 0 spiro atoms. The smallest absolute Gasteiger partial charge is 0.274 e. The van der Waals surface area contributed by atoms with E-state index in [4.69, 9.17) is 0 Å². The summed E-state index contributed by atoms with van der Waals surface area (Å²) in [6.45, 7) is 12.5. The lowest BCUT2D eigenvalue weighted by atomic mass is 9.94. The van der Waals surface area contributed by atoms with Crippen molar-refractivity contribution in [1.29, 1.82) is 0 Å². The molecule has 258 valence electrons. The molecule has 0 saturated carbocycles. The lowest BCUT2D eigenvalue weighted by Crippen LogP contribution is -2.47.